The summed E-state index contributed by atoms with van der Waals surface area (Å²) in [6.45, 7) is 5.27. The number of hydrogen-bond acceptors (Lipinski definition) is 2. The monoisotopic (exact) mass is 344 g/mol. The molecule has 1 heterocycles. The molecule has 1 aromatic heterocycles. The molecular formula is C23H24N2O. The topological polar surface area (TPSA) is 38.1 Å². The Balaban J connectivity index is 1.80. The molecule has 3 heteroatoms. The van der Waals surface area contributed by atoms with Crippen LogP contribution in [0.1, 0.15) is 28.9 Å². The number of nitrogens with zero attached hydrogens (tertiary/aromatic N) is 2. The highest BCUT2D eigenvalue weighted by atomic mass is 16.2. The van der Waals surface area contributed by atoms with Crippen molar-refractivity contribution in [3.63, 3.8) is 0 Å². The lowest BCUT2D eigenvalue weighted by Crippen LogP contribution is -2.06. The van der Waals surface area contributed by atoms with E-state index in [0.29, 0.717) is 0 Å². The fraction of sp³-hybridized carbons (Fsp3) is 0.261. The third-order valence-electron chi connectivity index (χ3n) is 5.16. The largest absolute Gasteiger partial charge is 0.396 e. The van der Waals surface area contributed by atoms with Gasteiger partial charge in [0.15, 0.2) is 0 Å². The Morgan fingerprint density at radius 2 is 1.69 bits per heavy atom. The second kappa shape index (κ2) is 6.93. The van der Waals surface area contributed by atoms with Crippen LogP contribution in [0.15, 0.2) is 54.6 Å². The number of aliphatic hydroxyl groups excluding tert-OH is 1. The van der Waals surface area contributed by atoms with Crippen molar-refractivity contribution in [1.29, 1.82) is 0 Å². The van der Waals surface area contributed by atoms with Crippen LogP contribution in [0.2, 0.25) is 0 Å². The summed E-state index contributed by atoms with van der Waals surface area (Å²) in [5.74, 6) is 1.05. The summed E-state index contributed by atoms with van der Waals surface area (Å²) >= 11 is 0. The Bertz CT molecular complexity index is 1080. The summed E-state index contributed by atoms with van der Waals surface area (Å²) in [5.41, 5.74) is 6.04. The van der Waals surface area contributed by atoms with Gasteiger partial charge in [-0.2, -0.15) is 0 Å². The molecular weight excluding hydrogens is 320 g/mol. The van der Waals surface area contributed by atoms with Crippen molar-refractivity contribution >= 4 is 21.8 Å². The van der Waals surface area contributed by atoms with Gasteiger partial charge in [0, 0.05) is 19.6 Å². The van der Waals surface area contributed by atoms with Gasteiger partial charge in [-0.05, 0) is 65.9 Å². The van der Waals surface area contributed by atoms with Gasteiger partial charge >= 0.3 is 0 Å². The van der Waals surface area contributed by atoms with Crippen molar-refractivity contribution in [2.45, 2.75) is 33.2 Å². The van der Waals surface area contributed by atoms with E-state index in [-0.39, 0.29) is 6.61 Å². The average molecular weight is 344 g/mol. The fourth-order valence-corrected chi connectivity index (χ4v) is 3.55. The maximum atomic E-state index is 9.25. The van der Waals surface area contributed by atoms with Crippen LogP contribution in [0.3, 0.4) is 0 Å². The number of benzene rings is 3. The molecule has 4 aromatic rings. The van der Waals surface area contributed by atoms with Gasteiger partial charge in [0.1, 0.15) is 5.82 Å². The van der Waals surface area contributed by atoms with Gasteiger partial charge in [0.2, 0.25) is 0 Å². The molecule has 3 aromatic carbocycles. The van der Waals surface area contributed by atoms with Crippen molar-refractivity contribution in [3.8, 4) is 0 Å². The Labute approximate surface area is 153 Å². The molecule has 26 heavy (non-hydrogen) atoms. The smallest absolute Gasteiger partial charge is 0.110 e. The molecule has 0 aliphatic carbocycles. The predicted molar refractivity (Wildman–Crippen MR) is 108 cm³/mol. The Morgan fingerprint density at radius 3 is 2.50 bits per heavy atom. The summed E-state index contributed by atoms with van der Waals surface area (Å²) in [4.78, 5) is 4.86. The number of hydrogen-bond donors (Lipinski definition) is 1. The average Bonchev–Trinajstić information content (AvgIpc) is 2.97. The lowest BCUT2D eigenvalue weighted by Gasteiger charge is -2.11. The highest BCUT2D eigenvalue weighted by Gasteiger charge is 2.12. The molecule has 0 amide bonds. The minimum atomic E-state index is 0.192. The summed E-state index contributed by atoms with van der Waals surface area (Å²) in [6.07, 6.45) is 1.52. The molecule has 0 saturated carbocycles. The van der Waals surface area contributed by atoms with Gasteiger partial charge in [-0.3, -0.25) is 0 Å². The maximum Gasteiger partial charge on any atom is 0.110 e. The van der Waals surface area contributed by atoms with Crippen LogP contribution in [-0.4, -0.2) is 21.3 Å². The van der Waals surface area contributed by atoms with Gasteiger partial charge in [0.25, 0.3) is 0 Å². The molecule has 0 bridgehead atoms. The molecule has 0 aliphatic rings. The lowest BCUT2D eigenvalue weighted by atomic mass is 10.1. The number of aromatic nitrogens is 2. The van der Waals surface area contributed by atoms with Crippen LogP contribution in [0.5, 0.6) is 0 Å². The van der Waals surface area contributed by atoms with Crippen LogP contribution in [-0.2, 0) is 13.0 Å². The number of fused-ring (bicyclic) bond motifs is 2. The Hall–Kier alpha value is -2.65. The molecule has 132 valence electrons. The summed E-state index contributed by atoms with van der Waals surface area (Å²) < 4.78 is 2.31. The Morgan fingerprint density at radius 1 is 0.923 bits per heavy atom. The summed E-state index contributed by atoms with van der Waals surface area (Å²) in [6, 6.07) is 19.5. The molecule has 0 radical (unpaired) electrons. The standard InChI is InChI=1S/C23H24N2O/c1-16-12-21-22(13-17(16)2)25(23(24-21)8-5-11-26)15-18-9-10-19-6-3-4-7-20(19)14-18/h3-4,6-7,9-10,12-14,26H,5,8,11,15H2,1-2H3. The Kier molecular flexibility index (Phi) is 4.48. The van der Waals surface area contributed by atoms with E-state index in [0.717, 1.165) is 30.7 Å². The van der Waals surface area contributed by atoms with Crippen molar-refractivity contribution < 1.29 is 5.11 Å². The zero-order chi connectivity index (χ0) is 18.1. The van der Waals surface area contributed by atoms with E-state index in [2.05, 4.69) is 73.0 Å². The quantitative estimate of drug-likeness (QED) is 0.566. The fourth-order valence-electron chi connectivity index (χ4n) is 3.55. The molecule has 0 saturated heterocycles. The number of imidazole rings is 1. The normalized spacial score (nSPS) is 11.5. The summed E-state index contributed by atoms with van der Waals surface area (Å²) in [7, 11) is 0. The minimum absolute atomic E-state index is 0.192. The summed E-state index contributed by atoms with van der Waals surface area (Å²) in [5, 5.41) is 11.8. The SMILES string of the molecule is Cc1cc2nc(CCCO)n(Cc3ccc4ccccc4c3)c2cc1C. The third-order valence-corrected chi connectivity index (χ3v) is 5.16. The number of aliphatic hydroxyl groups is 1. The molecule has 3 nitrogen and oxygen atoms in total. The van der Waals surface area contributed by atoms with Crippen LogP contribution in [0, 0.1) is 13.8 Å². The highest BCUT2D eigenvalue weighted by Crippen LogP contribution is 2.24. The van der Waals surface area contributed by atoms with Crippen LogP contribution < -0.4 is 0 Å². The zero-order valence-corrected chi connectivity index (χ0v) is 15.4. The first kappa shape index (κ1) is 16.8. The van der Waals surface area contributed by atoms with E-state index in [9.17, 15) is 5.11 Å². The van der Waals surface area contributed by atoms with E-state index in [4.69, 9.17) is 4.98 Å². The highest BCUT2D eigenvalue weighted by molar-refractivity contribution is 5.83. The van der Waals surface area contributed by atoms with E-state index in [1.807, 2.05) is 0 Å². The van der Waals surface area contributed by atoms with E-state index in [1.54, 1.807) is 0 Å². The van der Waals surface area contributed by atoms with Gasteiger partial charge < -0.3 is 9.67 Å². The van der Waals surface area contributed by atoms with Crippen molar-refractivity contribution in [2.24, 2.45) is 0 Å². The van der Waals surface area contributed by atoms with Crippen molar-refractivity contribution in [1.82, 2.24) is 9.55 Å². The minimum Gasteiger partial charge on any atom is -0.396 e. The lowest BCUT2D eigenvalue weighted by molar-refractivity contribution is 0.287. The number of rotatable bonds is 5. The van der Waals surface area contributed by atoms with Crippen molar-refractivity contribution in [3.05, 3.63) is 77.1 Å². The molecule has 0 atom stereocenters. The molecule has 0 spiro atoms. The van der Waals surface area contributed by atoms with Gasteiger partial charge in [-0.1, -0.05) is 36.4 Å². The van der Waals surface area contributed by atoms with E-state index >= 15 is 0 Å². The molecule has 1 N–H and O–H groups in total. The first-order chi connectivity index (χ1) is 12.7. The predicted octanol–water partition coefficient (Wildman–Crippen LogP) is 4.78. The van der Waals surface area contributed by atoms with Crippen molar-refractivity contribution in [2.75, 3.05) is 6.61 Å². The first-order valence-corrected chi connectivity index (χ1v) is 9.20. The molecule has 0 aliphatic heterocycles. The van der Waals surface area contributed by atoms with Crippen LogP contribution in [0.25, 0.3) is 21.8 Å². The maximum absolute atomic E-state index is 9.25. The van der Waals surface area contributed by atoms with Gasteiger partial charge in [0.05, 0.1) is 11.0 Å². The molecule has 0 fully saturated rings. The first-order valence-electron chi connectivity index (χ1n) is 9.20. The third kappa shape index (κ3) is 3.11. The van der Waals surface area contributed by atoms with E-state index in [1.165, 1.54) is 33.0 Å². The zero-order valence-electron chi connectivity index (χ0n) is 15.4. The van der Waals surface area contributed by atoms with Gasteiger partial charge in [-0.15, -0.1) is 0 Å². The van der Waals surface area contributed by atoms with E-state index < -0.39 is 0 Å². The second-order valence-corrected chi connectivity index (χ2v) is 7.05. The van der Waals surface area contributed by atoms with Crippen LogP contribution >= 0.6 is 0 Å². The number of aryl methyl sites for hydroxylation is 3. The van der Waals surface area contributed by atoms with Gasteiger partial charge in [-0.25, -0.2) is 4.98 Å². The van der Waals surface area contributed by atoms with Crippen LogP contribution in [0.4, 0.5) is 0 Å². The second-order valence-electron chi connectivity index (χ2n) is 7.05. The molecule has 0 unspecified atom stereocenters. The molecule has 4 rings (SSSR count).